The molecule has 1 atom stereocenters. The van der Waals surface area contributed by atoms with Crippen molar-refractivity contribution in [2.24, 2.45) is 4.99 Å². The SMILES string of the molecule is C=CCN1C(=O)/C(=C/c2ccccc2OC(CC)C(C)=O)SC1=Nc1ccccc1C(=O)O. The van der Waals surface area contributed by atoms with Crippen LogP contribution in [0.4, 0.5) is 5.69 Å². The molecule has 8 heteroatoms. The van der Waals surface area contributed by atoms with Crippen molar-refractivity contribution >= 4 is 46.4 Å². The summed E-state index contributed by atoms with van der Waals surface area (Å²) in [6.07, 6.45) is 3.23. The standard InChI is InChI=1S/C25H24N2O5S/c1-4-14-27-23(29)22(33-25(27)26-19-12-8-7-11-18(19)24(30)31)15-17-10-6-9-13-21(17)32-20(5-2)16(3)28/h4,6-13,15,20H,1,5,14H2,2-3H3,(H,30,31)/b22-15-,26-25?. The molecule has 1 aliphatic rings. The van der Waals surface area contributed by atoms with Crippen LogP contribution in [-0.2, 0) is 9.59 Å². The first kappa shape index (κ1) is 24.0. The fraction of sp³-hybridized carbons (Fsp3) is 0.200. The molecule has 3 rings (SSSR count). The molecule has 1 unspecified atom stereocenters. The molecule has 1 aliphatic heterocycles. The molecule has 33 heavy (non-hydrogen) atoms. The van der Waals surface area contributed by atoms with Gasteiger partial charge in [-0.15, -0.1) is 6.58 Å². The number of para-hydroxylation sites is 2. The number of Topliss-reactive ketones (excluding diaryl/α,β-unsaturated/α-hetero) is 1. The number of carboxylic acids is 1. The van der Waals surface area contributed by atoms with Crippen LogP contribution < -0.4 is 4.74 Å². The molecule has 170 valence electrons. The highest BCUT2D eigenvalue weighted by molar-refractivity contribution is 8.18. The number of ketones is 1. The third-order valence-electron chi connectivity index (χ3n) is 4.85. The van der Waals surface area contributed by atoms with E-state index in [0.29, 0.717) is 27.8 Å². The van der Waals surface area contributed by atoms with Gasteiger partial charge >= 0.3 is 5.97 Å². The lowest BCUT2D eigenvalue weighted by Gasteiger charge is -2.16. The lowest BCUT2D eigenvalue weighted by atomic mass is 10.1. The Hall–Kier alpha value is -3.65. The van der Waals surface area contributed by atoms with Gasteiger partial charge in [0.15, 0.2) is 17.1 Å². The molecule has 7 nitrogen and oxygen atoms in total. The molecule has 0 aromatic heterocycles. The highest BCUT2D eigenvalue weighted by Gasteiger charge is 2.33. The molecule has 1 saturated heterocycles. The topological polar surface area (TPSA) is 96.3 Å². The van der Waals surface area contributed by atoms with E-state index in [0.717, 1.165) is 11.8 Å². The maximum Gasteiger partial charge on any atom is 0.337 e. The van der Waals surface area contributed by atoms with Crippen LogP contribution in [0.25, 0.3) is 6.08 Å². The number of hydrogen-bond acceptors (Lipinski definition) is 6. The number of amides is 1. The number of nitrogens with zero attached hydrogens (tertiary/aromatic N) is 2. The first-order valence-corrected chi connectivity index (χ1v) is 11.2. The number of carbonyl (C=O) groups excluding carboxylic acids is 2. The van der Waals surface area contributed by atoms with Gasteiger partial charge in [0, 0.05) is 12.1 Å². The number of hydrogen-bond donors (Lipinski definition) is 1. The maximum absolute atomic E-state index is 13.1. The number of carbonyl (C=O) groups is 3. The molecule has 2 aromatic rings. The van der Waals surface area contributed by atoms with Crippen molar-refractivity contribution < 1.29 is 24.2 Å². The van der Waals surface area contributed by atoms with Gasteiger partial charge in [0.05, 0.1) is 16.2 Å². The zero-order chi connectivity index (χ0) is 24.0. The van der Waals surface area contributed by atoms with Crippen LogP contribution in [0.2, 0.25) is 0 Å². The van der Waals surface area contributed by atoms with E-state index in [-0.39, 0.29) is 29.5 Å². The van der Waals surface area contributed by atoms with Gasteiger partial charge in [-0.05, 0) is 49.4 Å². The van der Waals surface area contributed by atoms with E-state index < -0.39 is 12.1 Å². The Morgan fingerprint density at radius 3 is 2.58 bits per heavy atom. The zero-order valence-corrected chi connectivity index (χ0v) is 19.2. The highest BCUT2D eigenvalue weighted by Crippen LogP contribution is 2.36. The van der Waals surface area contributed by atoms with E-state index in [2.05, 4.69) is 11.6 Å². The molecule has 1 amide bonds. The predicted molar refractivity (Wildman–Crippen MR) is 130 cm³/mol. The van der Waals surface area contributed by atoms with Crippen molar-refractivity contribution in [1.82, 2.24) is 4.90 Å². The Bertz CT molecular complexity index is 1150. The van der Waals surface area contributed by atoms with Gasteiger partial charge in [0.25, 0.3) is 5.91 Å². The van der Waals surface area contributed by atoms with Gasteiger partial charge in [-0.2, -0.15) is 0 Å². The van der Waals surface area contributed by atoms with Crippen LogP contribution in [0, 0.1) is 0 Å². The molecule has 0 bridgehead atoms. The number of thioether (sulfide) groups is 1. The summed E-state index contributed by atoms with van der Waals surface area (Å²) in [5, 5.41) is 9.80. The second-order valence-electron chi connectivity index (χ2n) is 7.19. The normalized spacial score (nSPS) is 16.8. The highest BCUT2D eigenvalue weighted by atomic mass is 32.2. The predicted octanol–water partition coefficient (Wildman–Crippen LogP) is 4.92. The summed E-state index contributed by atoms with van der Waals surface area (Å²) >= 11 is 1.14. The number of carboxylic acid groups (broad SMARTS) is 1. The molecular formula is C25H24N2O5S. The molecule has 0 aliphatic carbocycles. The van der Waals surface area contributed by atoms with Crippen molar-refractivity contribution in [2.75, 3.05) is 6.54 Å². The van der Waals surface area contributed by atoms with Gasteiger partial charge in [-0.1, -0.05) is 43.3 Å². The van der Waals surface area contributed by atoms with E-state index in [1.807, 2.05) is 13.0 Å². The number of aliphatic imine (C=N–C) groups is 1. The minimum absolute atomic E-state index is 0.0441. The second kappa shape index (κ2) is 10.8. The molecule has 1 fully saturated rings. The second-order valence-corrected chi connectivity index (χ2v) is 8.20. The Kier molecular flexibility index (Phi) is 7.84. The molecule has 0 spiro atoms. The lowest BCUT2D eigenvalue weighted by Crippen LogP contribution is -2.29. The van der Waals surface area contributed by atoms with Crippen molar-refractivity contribution in [3.05, 3.63) is 77.2 Å². The van der Waals surface area contributed by atoms with Crippen LogP contribution in [0.15, 0.2) is 71.1 Å². The summed E-state index contributed by atoms with van der Waals surface area (Å²) < 4.78 is 5.90. The summed E-state index contributed by atoms with van der Waals surface area (Å²) in [7, 11) is 0. The van der Waals surface area contributed by atoms with Gasteiger partial charge < -0.3 is 9.84 Å². The number of benzene rings is 2. The molecule has 2 aromatic carbocycles. The minimum atomic E-state index is -1.10. The zero-order valence-electron chi connectivity index (χ0n) is 18.4. The van der Waals surface area contributed by atoms with Gasteiger partial charge in [0.1, 0.15) is 5.75 Å². The first-order valence-electron chi connectivity index (χ1n) is 10.3. The van der Waals surface area contributed by atoms with Crippen LogP contribution >= 0.6 is 11.8 Å². The van der Waals surface area contributed by atoms with Crippen molar-refractivity contribution in [3.8, 4) is 5.75 Å². The number of amidine groups is 1. The number of rotatable bonds is 9. The average Bonchev–Trinajstić information content (AvgIpc) is 3.07. The van der Waals surface area contributed by atoms with E-state index in [1.165, 1.54) is 17.9 Å². The van der Waals surface area contributed by atoms with Crippen molar-refractivity contribution in [3.63, 3.8) is 0 Å². The third-order valence-corrected chi connectivity index (χ3v) is 5.86. The maximum atomic E-state index is 13.1. The smallest absolute Gasteiger partial charge is 0.337 e. The van der Waals surface area contributed by atoms with E-state index >= 15 is 0 Å². The molecule has 1 N–H and O–H groups in total. The summed E-state index contributed by atoms with van der Waals surface area (Å²) in [4.78, 5) is 42.8. The van der Waals surface area contributed by atoms with Crippen LogP contribution in [-0.4, -0.2) is 45.5 Å². The largest absolute Gasteiger partial charge is 0.482 e. The average molecular weight is 465 g/mol. The molecular weight excluding hydrogens is 440 g/mol. The number of ether oxygens (including phenoxy) is 1. The first-order chi connectivity index (χ1) is 15.8. The summed E-state index contributed by atoms with van der Waals surface area (Å²) in [5.74, 6) is -0.954. The van der Waals surface area contributed by atoms with Gasteiger partial charge in [-0.3, -0.25) is 14.5 Å². The van der Waals surface area contributed by atoms with E-state index in [1.54, 1.807) is 48.6 Å². The van der Waals surface area contributed by atoms with Gasteiger partial charge in [0.2, 0.25) is 0 Å². The Morgan fingerprint density at radius 2 is 1.91 bits per heavy atom. The van der Waals surface area contributed by atoms with Crippen molar-refractivity contribution in [2.45, 2.75) is 26.4 Å². The summed E-state index contributed by atoms with van der Waals surface area (Å²) in [6, 6.07) is 13.5. The monoisotopic (exact) mass is 464 g/mol. The number of aromatic carboxylic acids is 1. The summed E-state index contributed by atoms with van der Waals surface area (Å²) in [6.45, 7) is 7.28. The quantitative estimate of drug-likeness (QED) is 0.418. The fourth-order valence-corrected chi connectivity index (χ4v) is 4.18. The molecule has 0 radical (unpaired) electrons. The Balaban J connectivity index is 2.00. The van der Waals surface area contributed by atoms with E-state index in [4.69, 9.17) is 4.74 Å². The van der Waals surface area contributed by atoms with Crippen LogP contribution in [0.5, 0.6) is 5.75 Å². The Labute approximate surface area is 196 Å². The molecule has 0 saturated carbocycles. The van der Waals surface area contributed by atoms with E-state index in [9.17, 15) is 19.5 Å². The fourth-order valence-electron chi connectivity index (χ4n) is 3.19. The van der Waals surface area contributed by atoms with Gasteiger partial charge in [-0.25, -0.2) is 9.79 Å². The molecule has 1 heterocycles. The van der Waals surface area contributed by atoms with Crippen molar-refractivity contribution in [1.29, 1.82) is 0 Å². The Morgan fingerprint density at radius 1 is 1.21 bits per heavy atom. The lowest BCUT2D eigenvalue weighted by molar-refractivity contribution is -0.124. The van der Waals surface area contributed by atoms with Crippen LogP contribution in [0.3, 0.4) is 0 Å². The third kappa shape index (κ3) is 5.59. The summed E-state index contributed by atoms with van der Waals surface area (Å²) in [5.41, 5.74) is 0.952. The van der Waals surface area contributed by atoms with Crippen LogP contribution in [0.1, 0.15) is 36.2 Å². The minimum Gasteiger partial charge on any atom is -0.482 e.